The first-order valence-electron chi connectivity index (χ1n) is 9.94. The van der Waals surface area contributed by atoms with Crippen LogP contribution in [0.2, 0.25) is 0 Å². The lowest BCUT2D eigenvalue weighted by Gasteiger charge is -2.30. The number of sulfone groups is 1. The molecule has 0 N–H and O–H groups in total. The molecule has 2 aliphatic rings. The van der Waals surface area contributed by atoms with E-state index < -0.39 is 9.84 Å². The zero-order valence-electron chi connectivity index (χ0n) is 16.6. The molecule has 2 aromatic rings. The molecule has 7 heteroatoms. The van der Waals surface area contributed by atoms with Gasteiger partial charge in [0.2, 0.25) is 9.84 Å². The molecule has 1 saturated heterocycles. The predicted molar refractivity (Wildman–Crippen MR) is 110 cm³/mol. The average molecular weight is 413 g/mol. The summed E-state index contributed by atoms with van der Waals surface area (Å²) in [5.74, 6) is 0.104. The normalized spacial score (nSPS) is 18.8. The zero-order valence-corrected chi connectivity index (χ0v) is 17.4. The molecule has 0 aromatic heterocycles. The van der Waals surface area contributed by atoms with Crippen molar-refractivity contribution in [2.45, 2.75) is 36.5 Å². The van der Waals surface area contributed by atoms with Gasteiger partial charge in [0.15, 0.2) is 0 Å². The highest BCUT2D eigenvalue weighted by atomic mass is 32.2. The van der Waals surface area contributed by atoms with E-state index in [0.717, 1.165) is 12.8 Å². The summed E-state index contributed by atoms with van der Waals surface area (Å²) < 4.78 is 26.5. The van der Waals surface area contributed by atoms with Crippen LogP contribution in [0.1, 0.15) is 47.4 Å². The van der Waals surface area contributed by atoms with Crippen molar-refractivity contribution in [3.8, 4) is 0 Å². The first kappa shape index (κ1) is 19.6. The number of carbonyl (C=O) groups is 2. The number of fused-ring (bicyclic) bond motifs is 2. The Bertz CT molecular complexity index is 1090. The van der Waals surface area contributed by atoms with Crippen LogP contribution in [0.15, 0.2) is 52.3 Å². The van der Waals surface area contributed by atoms with Gasteiger partial charge in [0, 0.05) is 25.2 Å². The van der Waals surface area contributed by atoms with Crippen LogP contribution in [-0.4, -0.2) is 44.8 Å². The fraction of sp³-hybridized carbons (Fsp3) is 0.364. The number of carbonyl (C=O) groups excluding carboxylic acids is 2. The van der Waals surface area contributed by atoms with Gasteiger partial charge >= 0.3 is 0 Å². The molecule has 0 saturated carbocycles. The molecule has 0 atom stereocenters. The molecule has 2 aliphatic heterocycles. The van der Waals surface area contributed by atoms with Crippen molar-refractivity contribution < 1.29 is 18.0 Å². The molecular weight excluding hydrogens is 388 g/mol. The minimum atomic E-state index is -3.88. The zero-order chi connectivity index (χ0) is 20.8. The standard InChI is InChI=1S/C22H24N2O4S/c1-3-24-18-14-16(21(25)23-12-10-15(2)11-13-23)8-9-20(18)29(27,28)19-7-5-4-6-17(19)22(24)26/h4-9,14-15H,3,10-13H2,1-2H3. The van der Waals surface area contributed by atoms with Crippen molar-refractivity contribution in [2.24, 2.45) is 5.92 Å². The number of likely N-dealkylation sites (tertiary alicyclic amines) is 1. The largest absolute Gasteiger partial charge is 0.339 e. The Morgan fingerprint density at radius 3 is 2.45 bits per heavy atom. The molecule has 0 bridgehead atoms. The topological polar surface area (TPSA) is 74.8 Å². The maximum atomic E-state index is 13.3. The van der Waals surface area contributed by atoms with Crippen molar-refractivity contribution in [2.75, 3.05) is 24.5 Å². The van der Waals surface area contributed by atoms with E-state index in [1.165, 1.54) is 23.1 Å². The number of hydrogen-bond acceptors (Lipinski definition) is 4. The van der Waals surface area contributed by atoms with E-state index in [2.05, 4.69) is 6.92 Å². The molecule has 2 aromatic carbocycles. The molecule has 6 nitrogen and oxygen atoms in total. The second kappa shape index (κ2) is 7.30. The Kier molecular flexibility index (Phi) is 4.94. The summed E-state index contributed by atoms with van der Waals surface area (Å²) in [7, 11) is -3.88. The van der Waals surface area contributed by atoms with Crippen LogP contribution in [0.25, 0.3) is 0 Å². The van der Waals surface area contributed by atoms with E-state index in [1.54, 1.807) is 36.1 Å². The van der Waals surface area contributed by atoms with E-state index in [4.69, 9.17) is 0 Å². The van der Waals surface area contributed by atoms with Gasteiger partial charge in [-0.15, -0.1) is 0 Å². The lowest BCUT2D eigenvalue weighted by Crippen LogP contribution is -2.38. The second-order valence-corrected chi connectivity index (χ2v) is 9.59. The first-order valence-corrected chi connectivity index (χ1v) is 11.4. The highest BCUT2D eigenvalue weighted by Crippen LogP contribution is 2.37. The van der Waals surface area contributed by atoms with Gasteiger partial charge in [-0.2, -0.15) is 0 Å². The number of hydrogen-bond donors (Lipinski definition) is 0. The summed E-state index contributed by atoms with van der Waals surface area (Å²) in [4.78, 5) is 29.4. The van der Waals surface area contributed by atoms with E-state index in [0.29, 0.717) is 31.1 Å². The van der Waals surface area contributed by atoms with Gasteiger partial charge in [-0.3, -0.25) is 9.59 Å². The Hall–Kier alpha value is -2.67. The minimum Gasteiger partial charge on any atom is -0.339 e. The molecule has 4 rings (SSSR count). The van der Waals surface area contributed by atoms with Gasteiger partial charge in [-0.05, 0) is 56.0 Å². The van der Waals surface area contributed by atoms with Gasteiger partial charge in [0.25, 0.3) is 11.8 Å². The summed E-state index contributed by atoms with van der Waals surface area (Å²) in [6, 6.07) is 10.8. The molecule has 0 aliphatic carbocycles. The second-order valence-electron chi connectivity index (χ2n) is 7.71. The van der Waals surface area contributed by atoms with Gasteiger partial charge in [-0.1, -0.05) is 19.1 Å². The van der Waals surface area contributed by atoms with E-state index in [-0.39, 0.29) is 32.9 Å². The third-order valence-electron chi connectivity index (χ3n) is 5.83. The maximum absolute atomic E-state index is 13.3. The van der Waals surface area contributed by atoms with Crippen molar-refractivity contribution in [3.05, 3.63) is 53.6 Å². The van der Waals surface area contributed by atoms with Gasteiger partial charge in [0.1, 0.15) is 0 Å². The average Bonchev–Trinajstić information content (AvgIpc) is 2.80. The van der Waals surface area contributed by atoms with Crippen molar-refractivity contribution in [1.29, 1.82) is 0 Å². The molecule has 2 amide bonds. The highest BCUT2D eigenvalue weighted by molar-refractivity contribution is 7.91. The molecule has 0 unspecified atom stereocenters. The molecule has 0 radical (unpaired) electrons. The first-order chi connectivity index (χ1) is 13.8. The summed E-state index contributed by atoms with van der Waals surface area (Å²) in [6.07, 6.45) is 1.92. The molecule has 152 valence electrons. The summed E-state index contributed by atoms with van der Waals surface area (Å²) in [5, 5.41) is 0. The van der Waals surface area contributed by atoms with Gasteiger partial charge < -0.3 is 9.80 Å². The lowest BCUT2D eigenvalue weighted by atomic mass is 9.98. The summed E-state index contributed by atoms with van der Waals surface area (Å²) >= 11 is 0. The van der Waals surface area contributed by atoms with Crippen LogP contribution < -0.4 is 4.90 Å². The van der Waals surface area contributed by atoms with Crippen molar-refractivity contribution in [1.82, 2.24) is 4.90 Å². The van der Waals surface area contributed by atoms with Crippen LogP contribution in [0.4, 0.5) is 5.69 Å². The van der Waals surface area contributed by atoms with Crippen molar-refractivity contribution in [3.63, 3.8) is 0 Å². The fourth-order valence-electron chi connectivity index (χ4n) is 4.05. The summed E-state index contributed by atoms with van der Waals surface area (Å²) in [5.41, 5.74) is 0.832. The third-order valence-corrected chi connectivity index (χ3v) is 7.68. The number of piperidine rings is 1. The van der Waals surface area contributed by atoms with Gasteiger partial charge in [-0.25, -0.2) is 8.42 Å². The maximum Gasteiger partial charge on any atom is 0.259 e. The lowest BCUT2D eigenvalue weighted by molar-refractivity contribution is 0.0696. The number of anilines is 1. The SMILES string of the molecule is CCN1C(=O)c2ccccc2S(=O)(=O)c2ccc(C(=O)N3CCC(C)CC3)cc21. The quantitative estimate of drug-likeness (QED) is 0.758. The van der Waals surface area contributed by atoms with E-state index in [9.17, 15) is 18.0 Å². The van der Waals surface area contributed by atoms with Crippen LogP contribution in [0.3, 0.4) is 0 Å². The number of nitrogens with zero attached hydrogens (tertiary/aromatic N) is 2. The Morgan fingerprint density at radius 2 is 1.76 bits per heavy atom. The van der Waals surface area contributed by atoms with Crippen LogP contribution in [-0.2, 0) is 9.84 Å². The van der Waals surface area contributed by atoms with Gasteiger partial charge in [0.05, 0.1) is 21.0 Å². The van der Waals surface area contributed by atoms with Crippen molar-refractivity contribution >= 4 is 27.3 Å². The number of rotatable bonds is 2. The predicted octanol–water partition coefficient (Wildman–Crippen LogP) is 3.37. The van der Waals surface area contributed by atoms with Crippen LogP contribution in [0.5, 0.6) is 0 Å². The van der Waals surface area contributed by atoms with E-state index in [1.807, 2.05) is 0 Å². The third kappa shape index (κ3) is 3.23. The van der Waals surface area contributed by atoms with Crippen LogP contribution >= 0.6 is 0 Å². The molecule has 0 spiro atoms. The molecular formula is C22H24N2O4S. The minimum absolute atomic E-state index is 0.00583. The van der Waals surface area contributed by atoms with E-state index >= 15 is 0 Å². The van der Waals surface area contributed by atoms with Crippen LogP contribution in [0, 0.1) is 5.92 Å². The number of amides is 2. The number of benzene rings is 2. The summed E-state index contributed by atoms with van der Waals surface area (Å²) in [6.45, 7) is 5.66. The molecule has 2 heterocycles. The smallest absolute Gasteiger partial charge is 0.259 e. The Labute approximate surface area is 171 Å². The Balaban J connectivity index is 1.82. The fourth-order valence-corrected chi connectivity index (χ4v) is 5.68. The molecule has 29 heavy (non-hydrogen) atoms. The molecule has 1 fully saturated rings. The monoisotopic (exact) mass is 412 g/mol. The highest BCUT2D eigenvalue weighted by Gasteiger charge is 2.35. The Morgan fingerprint density at radius 1 is 1.07 bits per heavy atom.